The van der Waals surface area contributed by atoms with Crippen LogP contribution in [0.2, 0.25) is 0 Å². The summed E-state index contributed by atoms with van der Waals surface area (Å²) in [4.78, 5) is 0.338. The zero-order valence-corrected chi connectivity index (χ0v) is 15.8. The summed E-state index contributed by atoms with van der Waals surface area (Å²) in [7, 11) is -3.56. The molecule has 0 radical (unpaired) electrons. The molecule has 2 aromatic rings. The minimum atomic E-state index is -3.56. The van der Waals surface area contributed by atoms with Crippen molar-refractivity contribution in [1.82, 2.24) is 4.72 Å². The molecule has 1 fully saturated rings. The Hall–Kier alpha value is -1.59. The normalized spacial score (nSPS) is 21.4. The van der Waals surface area contributed by atoms with E-state index in [1.807, 2.05) is 24.3 Å². The van der Waals surface area contributed by atoms with Gasteiger partial charge in [-0.3, -0.25) is 0 Å². The van der Waals surface area contributed by atoms with Gasteiger partial charge in [-0.25, -0.2) is 13.1 Å². The molecule has 0 aliphatic heterocycles. The molecule has 136 valence electrons. The van der Waals surface area contributed by atoms with Crippen molar-refractivity contribution >= 4 is 20.8 Å². The summed E-state index contributed by atoms with van der Waals surface area (Å²) in [6, 6.07) is 11.0. The van der Waals surface area contributed by atoms with Gasteiger partial charge in [-0.1, -0.05) is 51.0 Å². The molecule has 1 aliphatic carbocycles. The number of benzene rings is 2. The third kappa shape index (κ3) is 3.98. The van der Waals surface area contributed by atoms with Gasteiger partial charge in [0.25, 0.3) is 0 Å². The van der Waals surface area contributed by atoms with Gasteiger partial charge >= 0.3 is 0 Å². The van der Waals surface area contributed by atoms with Crippen LogP contribution in [0.5, 0.6) is 5.75 Å². The van der Waals surface area contributed by atoms with E-state index in [-0.39, 0.29) is 6.04 Å². The Bertz CT molecular complexity index is 832. The minimum absolute atomic E-state index is 0.0218. The average Bonchev–Trinajstić information content (AvgIpc) is 2.61. The van der Waals surface area contributed by atoms with Crippen molar-refractivity contribution in [2.75, 3.05) is 6.61 Å². The predicted molar refractivity (Wildman–Crippen MR) is 101 cm³/mol. The fourth-order valence-electron chi connectivity index (χ4n) is 3.57. The number of rotatable bonds is 6. The Kier molecular flexibility index (Phi) is 5.64. The van der Waals surface area contributed by atoms with E-state index in [1.165, 1.54) is 6.42 Å². The maximum Gasteiger partial charge on any atom is 0.241 e. The highest BCUT2D eigenvalue weighted by Crippen LogP contribution is 2.32. The summed E-state index contributed by atoms with van der Waals surface area (Å²) in [5, 5.41) is 1.56. The van der Waals surface area contributed by atoms with Crippen LogP contribution in [0.3, 0.4) is 0 Å². The Morgan fingerprint density at radius 1 is 1.08 bits per heavy atom. The molecule has 0 heterocycles. The highest BCUT2D eigenvalue weighted by molar-refractivity contribution is 7.89. The third-order valence-corrected chi connectivity index (χ3v) is 6.56. The van der Waals surface area contributed by atoms with Gasteiger partial charge in [0.2, 0.25) is 10.0 Å². The molecule has 0 saturated heterocycles. The minimum Gasteiger partial charge on any atom is -0.493 e. The summed E-state index contributed by atoms with van der Waals surface area (Å²) in [6.45, 7) is 4.80. The largest absolute Gasteiger partial charge is 0.493 e. The molecule has 0 bridgehead atoms. The standard InChI is InChI=1S/C20H27NO3S/c1-3-14-24-19-12-13-20(17-10-6-5-9-16(17)19)25(22,23)21-18-11-7-4-8-15(18)2/h5-6,9-10,12-13,15,18,21H,3-4,7-8,11,14H2,1-2H3/t15-,18+/m1/s1. The third-order valence-electron chi connectivity index (χ3n) is 5.01. The van der Waals surface area contributed by atoms with Gasteiger partial charge in [0, 0.05) is 16.8 Å². The molecule has 0 spiro atoms. The van der Waals surface area contributed by atoms with Crippen molar-refractivity contribution in [3.05, 3.63) is 36.4 Å². The monoisotopic (exact) mass is 361 g/mol. The van der Waals surface area contributed by atoms with Crippen LogP contribution in [0.15, 0.2) is 41.3 Å². The first-order valence-corrected chi connectivity index (χ1v) is 10.7. The lowest BCUT2D eigenvalue weighted by atomic mass is 9.87. The quantitative estimate of drug-likeness (QED) is 0.825. The van der Waals surface area contributed by atoms with Crippen molar-refractivity contribution < 1.29 is 13.2 Å². The molecule has 0 amide bonds. The molecule has 2 aromatic carbocycles. The molecule has 1 N–H and O–H groups in total. The number of sulfonamides is 1. The van der Waals surface area contributed by atoms with Gasteiger partial charge in [-0.05, 0) is 37.3 Å². The molecule has 25 heavy (non-hydrogen) atoms. The van der Waals surface area contributed by atoms with Crippen molar-refractivity contribution in [3.8, 4) is 5.75 Å². The van der Waals surface area contributed by atoms with Gasteiger partial charge in [0.05, 0.1) is 11.5 Å². The van der Waals surface area contributed by atoms with E-state index in [1.54, 1.807) is 12.1 Å². The molecule has 2 atom stereocenters. The number of fused-ring (bicyclic) bond motifs is 1. The molecule has 0 unspecified atom stereocenters. The second kappa shape index (κ2) is 7.75. The van der Waals surface area contributed by atoms with E-state index in [0.29, 0.717) is 22.8 Å². The molecule has 3 rings (SSSR count). The molecular weight excluding hydrogens is 334 g/mol. The van der Waals surface area contributed by atoms with E-state index < -0.39 is 10.0 Å². The fraction of sp³-hybridized carbons (Fsp3) is 0.500. The molecule has 4 nitrogen and oxygen atoms in total. The van der Waals surface area contributed by atoms with Crippen molar-refractivity contribution in [1.29, 1.82) is 0 Å². The Labute approximate surface area is 150 Å². The van der Waals surface area contributed by atoms with Gasteiger partial charge in [0.15, 0.2) is 0 Å². The highest BCUT2D eigenvalue weighted by atomic mass is 32.2. The number of nitrogens with one attached hydrogen (secondary N) is 1. The van der Waals surface area contributed by atoms with Crippen LogP contribution < -0.4 is 9.46 Å². The maximum absolute atomic E-state index is 13.0. The fourth-order valence-corrected chi connectivity index (χ4v) is 5.16. The number of ether oxygens (including phenoxy) is 1. The first-order valence-electron chi connectivity index (χ1n) is 9.20. The van der Waals surface area contributed by atoms with E-state index >= 15 is 0 Å². The Morgan fingerprint density at radius 3 is 2.52 bits per heavy atom. The van der Waals surface area contributed by atoms with Crippen LogP contribution in [0.4, 0.5) is 0 Å². The number of hydrogen-bond donors (Lipinski definition) is 1. The van der Waals surface area contributed by atoms with Crippen molar-refractivity contribution in [3.63, 3.8) is 0 Å². The Balaban J connectivity index is 1.97. The summed E-state index contributed by atoms with van der Waals surface area (Å²) < 4.78 is 34.8. The second-order valence-electron chi connectivity index (χ2n) is 6.95. The lowest BCUT2D eigenvalue weighted by molar-refractivity contribution is 0.310. The van der Waals surface area contributed by atoms with E-state index in [9.17, 15) is 8.42 Å². The molecule has 1 aliphatic rings. The first-order chi connectivity index (χ1) is 12.0. The summed E-state index contributed by atoms with van der Waals surface area (Å²) in [5.41, 5.74) is 0. The van der Waals surface area contributed by atoms with Gasteiger partial charge in [-0.2, -0.15) is 0 Å². The molecule has 1 saturated carbocycles. The zero-order valence-electron chi connectivity index (χ0n) is 15.0. The van der Waals surface area contributed by atoms with Crippen LogP contribution in [-0.4, -0.2) is 21.1 Å². The van der Waals surface area contributed by atoms with Gasteiger partial charge < -0.3 is 4.74 Å². The molecular formula is C20H27NO3S. The lowest BCUT2D eigenvalue weighted by Gasteiger charge is -2.29. The number of hydrogen-bond acceptors (Lipinski definition) is 3. The summed E-state index contributed by atoms with van der Waals surface area (Å²) in [5.74, 6) is 1.12. The second-order valence-corrected chi connectivity index (χ2v) is 8.63. The zero-order chi connectivity index (χ0) is 17.9. The van der Waals surface area contributed by atoms with E-state index in [0.717, 1.165) is 36.8 Å². The van der Waals surface area contributed by atoms with Crippen molar-refractivity contribution in [2.45, 2.75) is 56.9 Å². The Morgan fingerprint density at radius 2 is 1.80 bits per heavy atom. The van der Waals surface area contributed by atoms with Crippen LogP contribution in [-0.2, 0) is 10.0 Å². The lowest BCUT2D eigenvalue weighted by Crippen LogP contribution is -2.41. The van der Waals surface area contributed by atoms with E-state index in [4.69, 9.17) is 4.74 Å². The van der Waals surface area contributed by atoms with Gasteiger partial charge in [-0.15, -0.1) is 0 Å². The average molecular weight is 362 g/mol. The summed E-state index contributed by atoms with van der Waals surface area (Å²) >= 11 is 0. The maximum atomic E-state index is 13.0. The smallest absolute Gasteiger partial charge is 0.241 e. The predicted octanol–water partition coefficient (Wildman–Crippen LogP) is 4.49. The molecule has 5 heteroatoms. The topological polar surface area (TPSA) is 55.4 Å². The van der Waals surface area contributed by atoms with Crippen LogP contribution >= 0.6 is 0 Å². The van der Waals surface area contributed by atoms with Gasteiger partial charge in [0.1, 0.15) is 5.75 Å². The molecule has 0 aromatic heterocycles. The van der Waals surface area contributed by atoms with Crippen LogP contribution in [0.25, 0.3) is 10.8 Å². The first kappa shape index (κ1) is 18.2. The van der Waals surface area contributed by atoms with E-state index in [2.05, 4.69) is 18.6 Å². The van der Waals surface area contributed by atoms with Crippen LogP contribution in [0.1, 0.15) is 46.0 Å². The SMILES string of the molecule is CCCOc1ccc(S(=O)(=O)N[C@H]2CCCC[C@H]2C)c2ccccc12. The highest BCUT2D eigenvalue weighted by Gasteiger charge is 2.28. The summed E-state index contributed by atoms with van der Waals surface area (Å²) in [6.07, 6.45) is 5.18. The van der Waals surface area contributed by atoms with Crippen LogP contribution in [0, 0.1) is 5.92 Å². The van der Waals surface area contributed by atoms with Crippen molar-refractivity contribution in [2.24, 2.45) is 5.92 Å².